The van der Waals surface area contributed by atoms with Crippen LogP contribution in [0.5, 0.6) is 0 Å². The minimum absolute atomic E-state index is 0.268. The third-order valence-corrected chi connectivity index (χ3v) is 3.51. The molecule has 0 aliphatic heterocycles. The molecule has 2 nitrogen and oxygen atoms in total. The maximum absolute atomic E-state index is 10.6. The molecule has 0 heterocycles. The molecule has 1 aromatic carbocycles. The van der Waals surface area contributed by atoms with Crippen molar-refractivity contribution in [3.63, 3.8) is 0 Å². The highest BCUT2D eigenvalue weighted by Gasteiger charge is 2.28. The summed E-state index contributed by atoms with van der Waals surface area (Å²) in [5, 5.41) is 20.3. The van der Waals surface area contributed by atoms with Gasteiger partial charge in [-0.15, -0.1) is 6.58 Å². The quantitative estimate of drug-likeness (QED) is 0.789. The molecular formula is C17H20O2. The maximum atomic E-state index is 10.6. The second-order valence-corrected chi connectivity index (χ2v) is 5.08. The number of aryl methyl sites for hydroxylation is 1. The number of aliphatic hydroxyl groups is 2. The molecule has 1 aliphatic carbocycles. The summed E-state index contributed by atoms with van der Waals surface area (Å²) >= 11 is 0. The summed E-state index contributed by atoms with van der Waals surface area (Å²) in [6.07, 6.45) is 7.64. The molecule has 1 atom stereocenters. The number of benzene rings is 1. The Hall–Kier alpha value is -1.80. The normalized spacial score (nSPS) is 22.6. The fraction of sp³-hybridized carbons (Fsp3) is 0.294. The largest absolute Gasteiger partial charge is 0.508 e. The standard InChI is InChI=1S/C17H20O2/c1-2-6-15-13-17(19,12-10-16(15)18)11-9-14-7-4-3-5-8-14/h2-5,7-8,10,12,18-19H,1,6,9,11,13H2. The van der Waals surface area contributed by atoms with Crippen molar-refractivity contribution < 1.29 is 10.2 Å². The summed E-state index contributed by atoms with van der Waals surface area (Å²) in [5.41, 5.74) is 1.21. The van der Waals surface area contributed by atoms with Crippen LogP contribution in [0.25, 0.3) is 0 Å². The van der Waals surface area contributed by atoms with Gasteiger partial charge in [0.25, 0.3) is 0 Å². The highest BCUT2D eigenvalue weighted by molar-refractivity contribution is 5.31. The van der Waals surface area contributed by atoms with Crippen molar-refractivity contribution >= 4 is 0 Å². The van der Waals surface area contributed by atoms with E-state index in [4.69, 9.17) is 0 Å². The molecule has 2 rings (SSSR count). The molecule has 0 amide bonds. The Bertz CT molecular complexity index is 499. The fourth-order valence-corrected chi connectivity index (χ4v) is 2.40. The van der Waals surface area contributed by atoms with Gasteiger partial charge < -0.3 is 10.2 Å². The average Bonchev–Trinajstić information content (AvgIpc) is 2.43. The van der Waals surface area contributed by atoms with Gasteiger partial charge in [0.15, 0.2) is 0 Å². The molecule has 19 heavy (non-hydrogen) atoms. The van der Waals surface area contributed by atoms with E-state index in [-0.39, 0.29) is 5.76 Å². The first-order valence-electron chi connectivity index (χ1n) is 6.60. The van der Waals surface area contributed by atoms with Gasteiger partial charge >= 0.3 is 0 Å². The Balaban J connectivity index is 2.01. The Morgan fingerprint density at radius 1 is 1.26 bits per heavy atom. The number of hydrogen-bond donors (Lipinski definition) is 2. The first kappa shape index (κ1) is 13.6. The number of rotatable bonds is 5. The fourth-order valence-electron chi connectivity index (χ4n) is 2.40. The number of aliphatic hydroxyl groups excluding tert-OH is 1. The zero-order chi connectivity index (χ0) is 13.7. The van der Waals surface area contributed by atoms with E-state index in [1.54, 1.807) is 18.2 Å². The van der Waals surface area contributed by atoms with E-state index < -0.39 is 5.60 Å². The molecule has 0 aromatic heterocycles. The molecule has 1 unspecified atom stereocenters. The van der Waals surface area contributed by atoms with E-state index >= 15 is 0 Å². The monoisotopic (exact) mass is 256 g/mol. The highest BCUT2D eigenvalue weighted by atomic mass is 16.3. The van der Waals surface area contributed by atoms with Crippen LogP contribution in [-0.2, 0) is 6.42 Å². The van der Waals surface area contributed by atoms with E-state index in [9.17, 15) is 10.2 Å². The third-order valence-electron chi connectivity index (χ3n) is 3.51. The minimum Gasteiger partial charge on any atom is -0.508 e. The van der Waals surface area contributed by atoms with Crippen molar-refractivity contribution in [3.8, 4) is 0 Å². The molecule has 2 heteroatoms. The van der Waals surface area contributed by atoms with Crippen molar-refractivity contribution in [2.75, 3.05) is 0 Å². The molecule has 0 saturated carbocycles. The van der Waals surface area contributed by atoms with Crippen LogP contribution < -0.4 is 0 Å². The van der Waals surface area contributed by atoms with E-state index in [1.807, 2.05) is 18.2 Å². The average molecular weight is 256 g/mol. The van der Waals surface area contributed by atoms with Crippen LogP contribution >= 0.6 is 0 Å². The Labute approximate surface area is 114 Å². The van der Waals surface area contributed by atoms with Gasteiger partial charge in [0.05, 0.1) is 5.60 Å². The lowest BCUT2D eigenvalue weighted by atomic mass is 9.83. The van der Waals surface area contributed by atoms with E-state index in [2.05, 4.69) is 18.7 Å². The Morgan fingerprint density at radius 3 is 2.68 bits per heavy atom. The number of allylic oxidation sites excluding steroid dienone is 2. The lowest BCUT2D eigenvalue weighted by molar-refractivity contribution is 0.0777. The molecule has 0 spiro atoms. The molecule has 0 fully saturated rings. The van der Waals surface area contributed by atoms with Crippen LogP contribution in [0.4, 0.5) is 0 Å². The van der Waals surface area contributed by atoms with Gasteiger partial charge in [-0.3, -0.25) is 0 Å². The SMILES string of the molecule is C=CCC1=C(O)C=CC(O)(CCc2ccccc2)C1. The second-order valence-electron chi connectivity index (χ2n) is 5.08. The van der Waals surface area contributed by atoms with Crippen molar-refractivity contribution in [2.45, 2.75) is 31.3 Å². The van der Waals surface area contributed by atoms with Gasteiger partial charge in [-0.25, -0.2) is 0 Å². The predicted octanol–water partition coefficient (Wildman–Crippen LogP) is 3.70. The molecular weight excluding hydrogens is 236 g/mol. The van der Waals surface area contributed by atoms with Gasteiger partial charge in [-0.2, -0.15) is 0 Å². The molecule has 2 N–H and O–H groups in total. The van der Waals surface area contributed by atoms with Crippen LogP contribution in [0, 0.1) is 0 Å². The summed E-state index contributed by atoms with van der Waals surface area (Å²) < 4.78 is 0. The molecule has 0 bridgehead atoms. The molecule has 1 aromatic rings. The van der Waals surface area contributed by atoms with Gasteiger partial charge in [0, 0.05) is 6.42 Å². The van der Waals surface area contributed by atoms with Crippen molar-refractivity contribution in [1.29, 1.82) is 0 Å². The van der Waals surface area contributed by atoms with Crippen molar-refractivity contribution in [3.05, 3.63) is 72.0 Å². The predicted molar refractivity (Wildman–Crippen MR) is 77.9 cm³/mol. The van der Waals surface area contributed by atoms with Crippen LogP contribution in [0.3, 0.4) is 0 Å². The topological polar surface area (TPSA) is 40.5 Å². The van der Waals surface area contributed by atoms with Gasteiger partial charge in [-0.1, -0.05) is 36.4 Å². The molecule has 0 radical (unpaired) electrons. The van der Waals surface area contributed by atoms with E-state index in [0.29, 0.717) is 19.3 Å². The zero-order valence-electron chi connectivity index (χ0n) is 11.0. The van der Waals surface area contributed by atoms with Gasteiger partial charge in [0.1, 0.15) is 5.76 Å². The third kappa shape index (κ3) is 3.58. The lowest BCUT2D eigenvalue weighted by Gasteiger charge is -2.29. The Morgan fingerprint density at radius 2 is 2.00 bits per heavy atom. The van der Waals surface area contributed by atoms with Crippen LogP contribution in [0.1, 0.15) is 24.8 Å². The van der Waals surface area contributed by atoms with Crippen LogP contribution in [0.2, 0.25) is 0 Å². The zero-order valence-corrected chi connectivity index (χ0v) is 11.0. The van der Waals surface area contributed by atoms with Gasteiger partial charge in [0.2, 0.25) is 0 Å². The maximum Gasteiger partial charge on any atom is 0.114 e. The first-order chi connectivity index (χ1) is 9.13. The summed E-state index contributed by atoms with van der Waals surface area (Å²) in [6.45, 7) is 3.68. The first-order valence-corrected chi connectivity index (χ1v) is 6.60. The lowest BCUT2D eigenvalue weighted by Crippen LogP contribution is -2.29. The second kappa shape index (κ2) is 5.89. The van der Waals surface area contributed by atoms with E-state index in [1.165, 1.54) is 5.56 Å². The number of hydrogen-bond acceptors (Lipinski definition) is 2. The van der Waals surface area contributed by atoms with Gasteiger partial charge in [-0.05, 0) is 42.6 Å². The Kier molecular flexibility index (Phi) is 4.23. The molecule has 100 valence electrons. The smallest absolute Gasteiger partial charge is 0.114 e. The summed E-state index contributed by atoms with van der Waals surface area (Å²) in [5.74, 6) is 0.268. The van der Waals surface area contributed by atoms with Crippen molar-refractivity contribution in [1.82, 2.24) is 0 Å². The van der Waals surface area contributed by atoms with Crippen LogP contribution in [-0.4, -0.2) is 15.8 Å². The van der Waals surface area contributed by atoms with Crippen molar-refractivity contribution in [2.24, 2.45) is 0 Å². The summed E-state index contributed by atoms with van der Waals surface area (Å²) in [6, 6.07) is 10.1. The summed E-state index contributed by atoms with van der Waals surface area (Å²) in [7, 11) is 0. The minimum atomic E-state index is -0.861. The van der Waals surface area contributed by atoms with Crippen LogP contribution in [0.15, 0.2) is 66.5 Å². The van der Waals surface area contributed by atoms with E-state index in [0.717, 1.165) is 12.0 Å². The summed E-state index contributed by atoms with van der Waals surface area (Å²) in [4.78, 5) is 0. The highest BCUT2D eigenvalue weighted by Crippen LogP contribution is 2.31. The molecule has 1 aliphatic rings. The molecule has 0 saturated heterocycles.